The van der Waals surface area contributed by atoms with Crippen LogP contribution in [0.2, 0.25) is 0 Å². The number of aromatic nitrogens is 3. The zero-order valence-corrected chi connectivity index (χ0v) is 14.9. The van der Waals surface area contributed by atoms with Crippen LogP contribution >= 0.6 is 0 Å². The number of nitrogens with zero attached hydrogens (tertiary/aromatic N) is 4. The number of halogens is 1. The fraction of sp³-hybridized carbons (Fsp3) is 0.526. The Kier molecular flexibility index (Phi) is 5.08. The molecule has 7 heteroatoms. The molecule has 6 nitrogen and oxygen atoms in total. The predicted octanol–water partition coefficient (Wildman–Crippen LogP) is 2.35. The van der Waals surface area contributed by atoms with Crippen LogP contribution in [0.1, 0.15) is 30.9 Å². The number of hydrogen-bond acceptors (Lipinski definition) is 6. The van der Waals surface area contributed by atoms with Crippen molar-refractivity contribution in [2.24, 2.45) is 5.92 Å². The summed E-state index contributed by atoms with van der Waals surface area (Å²) in [6.45, 7) is 1.61. The fourth-order valence-electron chi connectivity index (χ4n) is 3.82. The molecule has 1 N–H and O–H groups in total. The zero-order valence-electron chi connectivity index (χ0n) is 14.9. The number of nitrogens with one attached hydrogen (secondary N) is 1. The first-order chi connectivity index (χ1) is 12.7. The second kappa shape index (κ2) is 7.63. The van der Waals surface area contributed by atoms with Gasteiger partial charge in [-0.3, -0.25) is 4.98 Å². The van der Waals surface area contributed by atoms with Crippen molar-refractivity contribution in [3.05, 3.63) is 48.4 Å². The summed E-state index contributed by atoms with van der Waals surface area (Å²) >= 11 is 0. The number of ether oxygens (including phenoxy) is 1. The van der Waals surface area contributed by atoms with Gasteiger partial charge in [-0.25, -0.2) is 14.4 Å². The molecule has 0 bridgehead atoms. The van der Waals surface area contributed by atoms with E-state index in [1.807, 2.05) is 6.07 Å². The van der Waals surface area contributed by atoms with Crippen LogP contribution in [0.4, 0.5) is 10.2 Å². The highest BCUT2D eigenvalue weighted by molar-refractivity contribution is 5.40. The van der Waals surface area contributed by atoms with E-state index in [1.165, 1.54) is 19.0 Å². The molecule has 2 aromatic rings. The highest BCUT2D eigenvalue weighted by atomic mass is 19.1. The molecule has 138 valence electrons. The van der Waals surface area contributed by atoms with E-state index in [9.17, 15) is 4.39 Å². The maximum absolute atomic E-state index is 13.6. The second-order valence-electron chi connectivity index (χ2n) is 7.13. The average molecular weight is 357 g/mol. The first kappa shape index (κ1) is 17.3. The molecule has 0 amide bonds. The molecule has 1 saturated carbocycles. The van der Waals surface area contributed by atoms with Crippen molar-refractivity contribution in [1.29, 1.82) is 0 Å². The van der Waals surface area contributed by atoms with E-state index in [-0.39, 0.29) is 24.0 Å². The quantitative estimate of drug-likeness (QED) is 0.821. The van der Waals surface area contributed by atoms with Crippen molar-refractivity contribution >= 4 is 5.82 Å². The minimum Gasteiger partial charge on any atom is -0.380 e. The third kappa shape index (κ3) is 3.83. The van der Waals surface area contributed by atoms with E-state index in [0.29, 0.717) is 5.92 Å². The predicted molar refractivity (Wildman–Crippen MR) is 96.2 cm³/mol. The lowest BCUT2D eigenvalue weighted by molar-refractivity contribution is 0.118. The molecule has 2 aromatic heterocycles. The summed E-state index contributed by atoms with van der Waals surface area (Å²) in [6.07, 6.45) is 9.84. The van der Waals surface area contributed by atoms with Crippen LogP contribution < -0.4 is 10.2 Å². The van der Waals surface area contributed by atoms with E-state index >= 15 is 0 Å². The van der Waals surface area contributed by atoms with Gasteiger partial charge in [0.25, 0.3) is 0 Å². The maximum Gasteiger partial charge on any atom is 0.141 e. The van der Waals surface area contributed by atoms with Crippen LogP contribution in [-0.4, -0.2) is 47.3 Å². The Morgan fingerprint density at radius 2 is 2.23 bits per heavy atom. The Balaban J connectivity index is 1.47. The van der Waals surface area contributed by atoms with Crippen molar-refractivity contribution in [2.45, 2.75) is 37.5 Å². The lowest BCUT2D eigenvalue weighted by Crippen LogP contribution is -2.40. The minimum atomic E-state index is -0.280. The molecule has 0 spiro atoms. The van der Waals surface area contributed by atoms with Crippen LogP contribution in [0.15, 0.2) is 37.1 Å². The first-order valence-electron chi connectivity index (χ1n) is 9.14. The third-order valence-corrected chi connectivity index (χ3v) is 5.32. The van der Waals surface area contributed by atoms with E-state index in [2.05, 4.69) is 25.2 Å². The van der Waals surface area contributed by atoms with Gasteiger partial charge >= 0.3 is 0 Å². The number of hydrogen-bond donors (Lipinski definition) is 1. The first-order valence-corrected chi connectivity index (χ1v) is 9.14. The minimum absolute atomic E-state index is 0.145. The number of rotatable bonds is 7. The molecule has 0 aromatic carbocycles. The Hall–Kier alpha value is -2.12. The molecule has 3 atom stereocenters. The normalized spacial score (nSPS) is 24.0. The smallest absolute Gasteiger partial charge is 0.141 e. The molecule has 2 aliphatic rings. The van der Waals surface area contributed by atoms with Gasteiger partial charge in [-0.05, 0) is 42.9 Å². The van der Waals surface area contributed by atoms with Crippen LogP contribution in [0, 0.1) is 11.7 Å². The summed E-state index contributed by atoms with van der Waals surface area (Å²) in [6, 6.07) is 3.95. The Labute approximate surface area is 152 Å². The molecule has 1 aliphatic carbocycles. The molecule has 2 fully saturated rings. The van der Waals surface area contributed by atoms with Gasteiger partial charge in [0.2, 0.25) is 0 Å². The third-order valence-electron chi connectivity index (χ3n) is 5.32. The highest BCUT2D eigenvalue weighted by Crippen LogP contribution is 2.41. The highest BCUT2D eigenvalue weighted by Gasteiger charge is 2.36. The van der Waals surface area contributed by atoms with E-state index in [4.69, 9.17) is 4.74 Å². The summed E-state index contributed by atoms with van der Waals surface area (Å²) in [5.74, 6) is 1.20. The molecule has 26 heavy (non-hydrogen) atoms. The lowest BCUT2D eigenvalue weighted by atomic mass is 10.0. The summed E-state index contributed by atoms with van der Waals surface area (Å²) in [4.78, 5) is 14.7. The van der Waals surface area contributed by atoms with E-state index < -0.39 is 0 Å². The van der Waals surface area contributed by atoms with Gasteiger partial charge in [0, 0.05) is 44.7 Å². The Bertz CT molecular complexity index is 727. The van der Waals surface area contributed by atoms with Crippen LogP contribution in [-0.2, 0) is 4.74 Å². The van der Waals surface area contributed by atoms with Crippen molar-refractivity contribution in [1.82, 2.24) is 20.3 Å². The van der Waals surface area contributed by atoms with Gasteiger partial charge in [0.05, 0.1) is 12.3 Å². The molecule has 4 rings (SSSR count). The van der Waals surface area contributed by atoms with Crippen LogP contribution in [0.25, 0.3) is 0 Å². The second-order valence-corrected chi connectivity index (χ2v) is 7.13. The lowest BCUT2D eigenvalue weighted by Gasteiger charge is -2.28. The number of methoxy groups -OCH3 is 1. The Morgan fingerprint density at radius 3 is 2.92 bits per heavy atom. The SMILES string of the molecule is CO[C@@H]1C[C@H](CNC(c2cncc(F)c2)C2CC2)N(c2ccncn2)C1. The standard InChI is InChI=1S/C19H24FN5O/c1-26-17-7-16(25(11-17)18-4-5-21-12-24-18)10-23-19(13-2-3-13)14-6-15(20)9-22-8-14/h4-6,8-9,12-13,16-17,19,23H,2-3,7,10-11H2,1H3/t16-,17-,19?/m1/s1. The van der Waals surface area contributed by atoms with Gasteiger partial charge in [-0.2, -0.15) is 0 Å². The van der Waals surface area contributed by atoms with E-state index in [1.54, 1.807) is 31.9 Å². The van der Waals surface area contributed by atoms with Crippen molar-refractivity contribution in [2.75, 3.05) is 25.1 Å². The van der Waals surface area contributed by atoms with Crippen molar-refractivity contribution < 1.29 is 9.13 Å². The summed E-state index contributed by atoms with van der Waals surface area (Å²) in [5.41, 5.74) is 0.933. The molecule has 0 radical (unpaired) electrons. The zero-order chi connectivity index (χ0) is 17.9. The largest absolute Gasteiger partial charge is 0.380 e. The molecule has 1 unspecified atom stereocenters. The Morgan fingerprint density at radius 1 is 1.35 bits per heavy atom. The van der Waals surface area contributed by atoms with E-state index in [0.717, 1.165) is 30.9 Å². The molecular formula is C19H24FN5O. The summed E-state index contributed by atoms with van der Waals surface area (Å²) in [7, 11) is 1.75. The van der Waals surface area contributed by atoms with Gasteiger partial charge in [-0.15, -0.1) is 0 Å². The van der Waals surface area contributed by atoms with Gasteiger partial charge in [-0.1, -0.05) is 0 Å². The van der Waals surface area contributed by atoms with Gasteiger partial charge in [0.1, 0.15) is 18.0 Å². The monoisotopic (exact) mass is 357 g/mol. The average Bonchev–Trinajstić information content (AvgIpc) is 3.42. The molecule has 1 aliphatic heterocycles. The fourth-order valence-corrected chi connectivity index (χ4v) is 3.82. The maximum atomic E-state index is 13.6. The summed E-state index contributed by atoms with van der Waals surface area (Å²) in [5, 5.41) is 3.66. The summed E-state index contributed by atoms with van der Waals surface area (Å²) < 4.78 is 19.2. The van der Waals surface area contributed by atoms with Crippen molar-refractivity contribution in [3.63, 3.8) is 0 Å². The van der Waals surface area contributed by atoms with Crippen LogP contribution in [0.3, 0.4) is 0 Å². The molecule has 3 heterocycles. The van der Waals surface area contributed by atoms with Crippen LogP contribution in [0.5, 0.6) is 0 Å². The van der Waals surface area contributed by atoms with Crippen molar-refractivity contribution in [3.8, 4) is 0 Å². The number of pyridine rings is 1. The van der Waals surface area contributed by atoms with Gasteiger partial charge < -0.3 is 15.0 Å². The topological polar surface area (TPSA) is 63.2 Å². The molecular weight excluding hydrogens is 333 g/mol. The van der Waals surface area contributed by atoms with Gasteiger partial charge in [0.15, 0.2) is 0 Å². The number of anilines is 1. The molecule has 1 saturated heterocycles.